The molecule has 0 saturated carbocycles. The van der Waals surface area contributed by atoms with Crippen LogP contribution in [0.15, 0.2) is 12.4 Å². The Hall–Kier alpha value is -1.37. The van der Waals surface area contributed by atoms with E-state index in [1.54, 1.807) is 0 Å². The van der Waals surface area contributed by atoms with Gasteiger partial charge in [0.05, 0.1) is 5.56 Å². The van der Waals surface area contributed by atoms with Crippen LogP contribution < -0.4 is 10.2 Å². The van der Waals surface area contributed by atoms with Crippen LogP contribution >= 0.6 is 0 Å². The summed E-state index contributed by atoms with van der Waals surface area (Å²) in [5, 5.41) is 3.29. The molecule has 0 aromatic carbocycles. The van der Waals surface area contributed by atoms with Crippen LogP contribution in [0.25, 0.3) is 0 Å². The third-order valence-corrected chi connectivity index (χ3v) is 2.99. The Labute approximate surface area is 103 Å². The van der Waals surface area contributed by atoms with Gasteiger partial charge in [0.15, 0.2) is 0 Å². The number of hydrogen-bond donors (Lipinski definition) is 1. The summed E-state index contributed by atoms with van der Waals surface area (Å²) >= 11 is 0. The highest BCUT2D eigenvalue weighted by Crippen LogP contribution is 2.28. The van der Waals surface area contributed by atoms with Gasteiger partial charge in [0.1, 0.15) is 0 Å². The fourth-order valence-electron chi connectivity index (χ4n) is 1.92. The Balaban J connectivity index is 2.18. The van der Waals surface area contributed by atoms with E-state index >= 15 is 0 Å². The van der Waals surface area contributed by atoms with Crippen molar-refractivity contribution in [3.8, 4) is 0 Å². The van der Waals surface area contributed by atoms with Crippen molar-refractivity contribution < 1.29 is 13.2 Å². The summed E-state index contributed by atoms with van der Waals surface area (Å²) in [6.45, 7) is 5.46. The van der Waals surface area contributed by atoms with Crippen molar-refractivity contribution in [2.24, 2.45) is 0 Å². The SMILES string of the molecule is CC1CN[C@H](C)CN1c1ncc(C(F)(F)F)cn1. The van der Waals surface area contributed by atoms with Crippen LogP contribution in [0.5, 0.6) is 0 Å². The molecule has 0 bridgehead atoms. The van der Waals surface area contributed by atoms with Gasteiger partial charge in [-0.15, -0.1) is 0 Å². The van der Waals surface area contributed by atoms with Gasteiger partial charge in [-0.3, -0.25) is 0 Å². The van der Waals surface area contributed by atoms with Gasteiger partial charge in [-0.05, 0) is 13.8 Å². The number of nitrogens with zero attached hydrogens (tertiary/aromatic N) is 3. The number of anilines is 1. The second-order valence-corrected chi connectivity index (χ2v) is 4.58. The minimum atomic E-state index is -4.39. The molecule has 1 aromatic rings. The maximum absolute atomic E-state index is 12.4. The first kappa shape index (κ1) is 13.1. The van der Waals surface area contributed by atoms with Crippen LogP contribution in [0.3, 0.4) is 0 Å². The minimum Gasteiger partial charge on any atom is -0.335 e. The van der Waals surface area contributed by atoms with Gasteiger partial charge >= 0.3 is 6.18 Å². The number of piperazine rings is 1. The molecule has 100 valence electrons. The predicted molar refractivity (Wildman–Crippen MR) is 61.3 cm³/mol. The van der Waals surface area contributed by atoms with Gasteiger partial charge in [0.2, 0.25) is 5.95 Å². The number of aromatic nitrogens is 2. The lowest BCUT2D eigenvalue weighted by Gasteiger charge is -2.37. The highest BCUT2D eigenvalue weighted by molar-refractivity contribution is 5.33. The van der Waals surface area contributed by atoms with Crippen molar-refractivity contribution in [3.63, 3.8) is 0 Å². The van der Waals surface area contributed by atoms with E-state index in [-0.39, 0.29) is 12.1 Å². The first-order chi connectivity index (χ1) is 8.38. The minimum absolute atomic E-state index is 0.165. The van der Waals surface area contributed by atoms with Crippen LogP contribution in [0, 0.1) is 0 Å². The lowest BCUT2D eigenvalue weighted by molar-refractivity contribution is -0.138. The lowest BCUT2D eigenvalue weighted by atomic mass is 10.1. The molecule has 0 aliphatic carbocycles. The largest absolute Gasteiger partial charge is 0.419 e. The topological polar surface area (TPSA) is 41.0 Å². The summed E-state index contributed by atoms with van der Waals surface area (Å²) in [6, 6.07) is 0.435. The number of hydrogen-bond acceptors (Lipinski definition) is 4. The Morgan fingerprint density at radius 1 is 1.28 bits per heavy atom. The molecule has 4 nitrogen and oxygen atoms in total. The maximum atomic E-state index is 12.4. The van der Waals surface area contributed by atoms with Crippen molar-refractivity contribution in [2.75, 3.05) is 18.0 Å². The Morgan fingerprint density at radius 3 is 2.44 bits per heavy atom. The van der Waals surface area contributed by atoms with Gasteiger partial charge in [-0.2, -0.15) is 13.2 Å². The molecular formula is C11H15F3N4. The van der Waals surface area contributed by atoms with Crippen LogP contribution in [0.1, 0.15) is 19.4 Å². The van der Waals surface area contributed by atoms with Crippen molar-refractivity contribution in [2.45, 2.75) is 32.1 Å². The molecule has 2 atom stereocenters. The maximum Gasteiger partial charge on any atom is 0.419 e. The van der Waals surface area contributed by atoms with Crippen molar-refractivity contribution in [1.29, 1.82) is 0 Å². The van der Waals surface area contributed by atoms with E-state index in [0.29, 0.717) is 12.5 Å². The highest BCUT2D eigenvalue weighted by atomic mass is 19.4. The van der Waals surface area contributed by atoms with Gasteiger partial charge in [-0.1, -0.05) is 0 Å². The second kappa shape index (κ2) is 4.72. The number of halogens is 3. The predicted octanol–water partition coefficient (Wildman–Crippen LogP) is 1.68. The average molecular weight is 260 g/mol. The molecule has 2 rings (SSSR count). The highest BCUT2D eigenvalue weighted by Gasteiger charge is 2.32. The zero-order valence-electron chi connectivity index (χ0n) is 10.2. The van der Waals surface area contributed by atoms with E-state index in [1.165, 1.54) is 0 Å². The van der Waals surface area contributed by atoms with Crippen LogP contribution in [-0.4, -0.2) is 35.1 Å². The Kier molecular flexibility index (Phi) is 3.43. The van der Waals surface area contributed by atoms with Crippen LogP contribution in [0.4, 0.5) is 19.1 Å². The molecule has 0 amide bonds. The van der Waals surface area contributed by atoms with Crippen molar-refractivity contribution in [3.05, 3.63) is 18.0 Å². The van der Waals surface area contributed by atoms with E-state index in [4.69, 9.17) is 0 Å². The zero-order valence-corrected chi connectivity index (χ0v) is 10.2. The lowest BCUT2D eigenvalue weighted by Crippen LogP contribution is -2.55. The van der Waals surface area contributed by atoms with Gasteiger partial charge in [0.25, 0.3) is 0 Å². The van der Waals surface area contributed by atoms with Gasteiger partial charge < -0.3 is 10.2 Å². The first-order valence-electron chi connectivity index (χ1n) is 5.77. The third kappa shape index (κ3) is 2.72. The molecule has 1 aliphatic heterocycles. The normalized spacial score (nSPS) is 25.3. The molecule has 1 unspecified atom stereocenters. The molecule has 1 saturated heterocycles. The van der Waals surface area contributed by atoms with E-state index in [2.05, 4.69) is 15.3 Å². The molecule has 2 heterocycles. The first-order valence-corrected chi connectivity index (χ1v) is 5.77. The molecule has 1 aromatic heterocycles. The van der Waals surface area contributed by atoms with E-state index in [0.717, 1.165) is 18.9 Å². The fourth-order valence-corrected chi connectivity index (χ4v) is 1.92. The average Bonchev–Trinajstić information content (AvgIpc) is 2.31. The van der Waals surface area contributed by atoms with Gasteiger partial charge in [0, 0.05) is 37.6 Å². The molecular weight excluding hydrogens is 245 g/mol. The van der Waals surface area contributed by atoms with Crippen molar-refractivity contribution >= 4 is 5.95 Å². The fraction of sp³-hybridized carbons (Fsp3) is 0.636. The summed E-state index contributed by atoms with van der Waals surface area (Å²) in [4.78, 5) is 9.56. The summed E-state index contributed by atoms with van der Waals surface area (Å²) in [5.74, 6) is 0.351. The summed E-state index contributed by atoms with van der Waals surface area (Å²) in [5.41, 5.74) is -0.818. The van der Waals surface area contributed by atoms with Gasteiger partial charge in [-0.25, -0.2) is 9.97 Å². The zero-order chi connectivity index (χ0) is 13.3. The molecule has 7 heteroatoms. The molecule has 0 spiro atoms. The Morgan fingerprint density at radius 2 is 1.89 bits per heavy atom. The molecule has 1 N–H and O–H groups in total. The smallest absolute Gasteiger partial charge is 0.335 e. The molecule has 1 aliphatic rings. The summed E-state index contributed by atoms with van der Waals surface area (Å²) in [7, 11) is 0. The van der Waals surface area contributed by atoms with E-state index < -0.39 is 11.7 Å². The standard InChI is InChI=1S/C11H15F3N4/c1-7-6-18(8(2)3-15-7)10-16-4-9(5-17-10)11(12,13)14/h4-5,7-8,15H,3,6H2,1-2H3/t7-,8?/m1/s1. The van der Waals surface area contributed by atoms with Crippen LogP contribution in [0.2, 0.25) is 0 Å². The monoisotopic (exact) mass is 260 g/mol. The quantitative estimate of drug-likeness (QED) is 0.834. The molecule has 0 radical (unpaired) electrons. The second-order valence-electron chi connectivity index (χ2n) is 4.58. The summed E-state index contributed by atoms with van der Waals surface area (Å²) < 4.78 is 37.2. The third-order valence-electron chi connectivity index (χ3n) is 2.99. The Bertz CT molecular complexity index is 404. The van der Waals surface area contributed by atoms with E-state index in [9.17, 15) is 13.2 Å². The number of alkyl halides is 3. The van der Waals surface area contributed by atoms with Crippen LogP contribution in [-0.2, 0) is 6.18 Å². The molecule has 1 fully saturated rings. The summed E-state index contributed by atoms with van der Waals surface area (Å²) in [6.07, 6.45) is -2.72. The number of nitrogens with one attached hydrogen (secondary N) is 1. The number of rotatable bonds is 1. The van der Waals surface area contributed by atoms with E-state index in [1.807, 2.05) is 18.7 Å². The molecule has 18 heavy (non-hydrogen) atoms. The van der Waals surface area contributed by atoms with Crippen molar-refractivity contribution in [1.82, 2.24) is 15.3 Å².